The van der Waals surface area contributed by atoms with Gasteiger partial charge in [0.05, 0.1) is 0 Å². The minimum absolute atomic E-state index is 0.107. The molecule has 0 aliphatic heterocycles. The van der Waals surface area contributed by atoms with E-state index in [2.05, 4.69) is 77.1 Å². The first-order chi connectivity index (χ1) is 13.9. The number of hydrogen-bond acceptors (Lipinski definition) is 2. The lowest BCUT2D eigenvalue weighted by molar-refractivity contribution is 0.104. The van der Waals surface area contributed by atoms with E-state index >= 15 is 0 Å². The van der Waals surface area contributed by atoms with Gasteiger partial charge in [-0.1, -0.05) is 55.5 Å². The van der Waals surface area contributed by atoms with Crippen molar-refractivity contribution in [2.24, 2.45) is 0 Å². The molecule has 1 heterocycles. The summed E-state index contributed by atoms with van der Waals surface area (Å²) in [6.07, 6.45) is 0.974. The van der Waals surface area contributed by atoms with Crippen LogP contribution in [0.1, 0.15) is 50.7 Å². The van der Waals surface area contributed by atoms with Crippen LogP contribution in [-0.4, -0.2) is 5.78 Å². The molecule has 4 rings (SSSR count). The first kappa shape index (κ1) is 19.6. The molecule has 0 saturated carbocycles. The average Bonchev–Trinajstić information content (AvgIpc) is 3.09. The molecule has 0 fully saturated rings. The van der Waals surface area contributed by atoms with E-state index in [9.17, 15) is 4.79 Å². The fraction of sp³-hybridized carbons (Fsp3) is 0.222. The Balaban J connectivity index is 1.98. The average molecular weight is 399 g/mol. The van der Waals surface area contributed by atoms with Gasteiger partial charge in [-0.25, -0.2) is 0 Å². The second-order valence-electron chi connectivity index (χ2n) is 7.87. The van der Waals surface area contributed by atoms with Crippen LogP contribution >= 0.6 is 11.3 Å². The number of rotatable bonds is 4. The molecule has 0 aliphatic rings. The SMILES string of the molecule is CCc1ccc(C(=O)c2c(-c3ccc(C)c(C)c3C)sc3cc(C)ccc23)cc1. The smallest absolute Gasteiger partial charge is 0.195 e. The highest BCUT2D eigenvalue weighted by atomic mass is 32.1. The predicted octanol–water partition coefficient (Wildman–Crippen LogP) is 7.60. The van der Waals surface area contributed by atoms with Crippen molar-refractivity contribution in [2.45, 2.75) is 41.0 Å². The minimum atomic E-state index is 0.107. The van der Waals surface area contributed by atoms with Crippen molar-refractivity contribution in [3.63, 3.8) is 0 Å². The van der Waals surface area contributed by atoms with Gasteiger partial charge >= 0.3 is 0 Å². The molecule has 0 spiro atoms. The van der Waals surface area contributed by atoms with Crippen LogP contribution in [0.5, 0.6) is 0 Å². The summed E-state index contributed by atoms with van der Waals surface area (Å²) in [5.41, 5.74) is 9.05. The van der Waals surface area contributed by atoms with E-state index in [1.165, 1.54) is 38.1 Å². The highest BCUT2D eigenvalue weighted by molar-refractivity contribution is 7.22. The molecule has 0 saturated heterocycles. The first-order valence-electron chi connectivity index (χ1n) is 10.1. The summed E-state index contributed by atoms with van der Waals surface area (Å²) in [7, 11) is 0. The van der Waals surface area contributed by atoms with Gasteiger partial charge in [0.2, 0.25) is 0 Å². The standard InChI is InChI=1S/C27H26OS/c1-6-20-9-11-21(12-10-20)26(28)25-23-13-7-16(2)15-24(23)29-27(25)22-14-8-17(3)18(4)19(22)5/h7-15H,6H2,1-5H3. The van der Waals surface area contributed by atoms with Gasteiger partial charge in [0, 0.05) is 26.1 Å². The van der Waals surface area contributed by atoms with Gasteiger partial charge in [0.25, 0.3) is 0 Å². The molecule has 1 aromatic heterocycles. The molecular formula is C27H26OS. The predicted molar refractivity (Wildman–Crippen MR) is 125 cm³/mol. The zero-order chi connectivity index (χ0) is 20.7. The van der Waals surface area contributed by atoms with Crippen LogP contribution in [0.25, 0.3) is 20.5 Å². The normalized spacial score (nSPS) is 11.2. The lowest BCUT2D eigenvalue weighted by Crippen LogP contribution is -2.03. The van der Waals surface area contributed by atoms with Gasteiger partial charge in [-0.2, -0.15) is 0 Å². The van der Waals surface area contributed by atoms with Gasteiger partial charge in [0.1, 0.15) is 0 Å². The van der Waals surface area contributed by atoms with Crippen molar-refractivity contribution < 1.29 is 4.79 Å². The van der Waals surface area contributed by atoms with Crippen LogP contribution in [0.3, 0.4) is 0 Å². The third-order valence-electron chi connectivity index (χ3n) is 6.00. The fourth-order valence-electron chi connectivity index (χ4n) is 3.86. The lowest BCUT2D eigenvalue weighted by Gasteiger charge is -2.12. The van der Waals surface area contributed by atoms with E-state index in [1.807, 2.05) is 12.1 Å². The molecule has 0 amide bonds. The summed E-state index contributed by atoms with van der Waals surface area (Å²) >= 11 is 1.73. The minimum Gasteiger partial charge on any atom is -0.289 e. The highest BCUT2D eigenvalue weighted by Gasteiger charge is 2.23. The third kappa shape index (κ3) is 3.42. The van der Waals surface area contributed by atoms with Crippen molar-refractivity contribution >= 4 is 27.2 Å². The quantitative estimate of drug-likeness (QED) is 0.324. The van der Waals surface area contributed by atoms with Crippen molar-refractivity contribution in [1.82, 2.24) is 0 Å². The molecule has 0 unspecified atom stereocenters. The number of carbonyl (C=O) groups excluding carboxylic acids is 1. The van der Waals surface area contributed by atoms with Crippen LogP contribution < -0.4 is 0 Å². The second kappa shape index (κ2) is 7.61. The van der Waals surface area contributed by atoms with E-state index in [1.54, 1.807) is 11.3 Å². The van der Waals surface area contributed by atoms with Crippen molar-refractivity contribution in [2.75, 3.05) is 0 Å². The van der Waals surface area contributed by atoms with Gasteiger partial charge in [0.15, 0.2) is 5.78 Å². The molecule has 3 aromatic carbocycles. The number of hydrogen-bond donors (Lipinski definition) is 0. The monoisotopic (exact) mass is 398 g/mol. The summed E-state index contributed by atoms with van der Waals surface area (Å²) < 4.78 is 1.17. The number of fused-ring (bicyclic) bond motifs is 1. The van der Waals surface area contributed by atoms with Gasteiger partial charge in [-0.05, 0) is 73.6 Å². The van der Waals surface area contributed by atoms with E-state index in [0.717, 1.165) is 27.8 Å². The Labute approximate surface area is 177 Å². The Morgan fingerprint density at radius 1 is 0.862 bits per heavy atom. The summed E-state index contributed by atoms with van der Waals surface area (Å²) in [6, 6.07) is 18.8. The largest absolute Gasteiger partial charge is 0.289 e. The Morgan fingerprint density at radius 2 is 1.59 bits per heavy atom. The lowest BCUT2D eigenvalue weighted by atomic mass is 9.92. The maximum absolute atomic E-state index is 13.7. The molecule has 1 nitrogen and oxygen atoms in total. The van der Waals surface area contributed by atoms with Crippen molar-refractivity contribution in [1.29, 1.82) is 0 Å². The van der Waals surface area contributed by atoms with Gasteiger partial charge < -0.3 is 0 Å². The highest BCUT2D eigenvalue weighted by Crippen LogP contribution is 2.42. The Hall–Kier alpha value is -2.71. The zero-order valence-electron chi connectivity index (χ0n) is 17.7. The van der Waals surface area contributed by atoms with Crippen LogP contribution in [-0.2, 0) is 6.42 Å². The van der Waals surface area contributed by atoms with Gasteiger partial charge in [-0.15, -0.1) is 11.3 Å². The molecule has 0 aliphatic carbocycles. The maximum atomic E-state index is 13.7. The van der Waals surface area contributed by atoms with E-state index in [4.69, 9.17) is 0 Å². The number of ketones is 1. The summed E-state index contributed by atoms with van der Waals surface area (Å²) in [6.45, 7) is 10.7. The molecular weight excluding hydrogens is 372 g/mol. The molecule has 0 atom stereocenters. The number of thiophene rings is 1. The van der Waals surface area contributed by atoms with Crippen LogP contribution in [0, 0.1) is 27.7 Å². The molecule has 0 radical (unpaired) electrons. The number of aryl methyl sites for hydroxylation is 3. The van der Waals surface area contributed by atoms with Crippen LogP contribution in [0.4, 0.5) is 0 Å². The Kier molecular flexibility index (Phi) is 5.14. The molecule has 29 heavy (non-hydrogen) atoms. The number of carbonyl (C=O) groups is 1. The van der Waals surface area contributed by atoms with E-state index in [-0.39, 0.29) is 5.78 Å². The molecule has 4 aromatic rings. The molecule has 0 N–H and O–H groups in total. The topological polar surface area (TPSA) is 17.1 Å². The summed E-state index contributed by atoms with van der Waals surface area (Å²) in [4.78, 5) is 14.7. The van der Waals surface area contributed by atoms with Gasteiger partial charge in [-0.3, -0.25) is 4.79 Å². The van der Waals surface area contributed by atoms with Crippen molar-refractivity contribution in [3.05, 3.63) is 93.5 Å². The third-order valence-corrected chi connectivity index (χ3v) is 7.19. The summed E-state index contributed by atoms with van der Waals surface area (Å²) in [5, 5.41) is 1.05. The van der Waals surface area contributed by atoms with Crippen molar-refractivity contribution in [3.8, 4) is 10.4 Å². The second-order valence-corrected chi connectivity index (χ2v) is 8.92. The molecule has 2 heteroatoms. The molecule has 0 bridgehead atoms. The van der Waals surface area contributed by atoms with E-state index < -0.39 is 0 Å². The van der Waals surface area contributed by atoms with E-state index in [0.29, 0.717) is 0 Å². The Bertz CT molecular complexity index is 1230. The maximum Gasteiger partial charge on any atom is 0.195 e. The van der Waals surface area contributed by atoms with Crippen LogP contribution in [0.15, 0.2) is 54.6 Å². The summed E-state index contributed by atoms with van der Waals surface area (Å²) in [5.74, 6) is 0.107. The Morgan fingerprint density at radius 3 is 2.28 bits per heavy atom. The first-order valence-corrected chi connectivity index (χ1v) is 11.0. The van der Waals surface area contributed by atoms with Crippen LogP contribution in [0.2, 0.25) is 0 Å². The number of benzene rings is 3. The molecule has 146 valence electrons. The fourth-order valence-corrected chi connectivity index (χ4v) is 5.24. The zero-order valence-corrected chi connectivity index (χ0v) is 18.5.